The molecule has 0 spiro atoms. The second-order valence-corrected chi connectivity index (χ2v) is 6.57. The number of benzene rings is 1. The van der Waals surface area contributed by atoms with Crippen molar-refractivity contribution in [2.45, 2.75) is 31.6 Å². The second-order valence-electron chi connectivity index (χ2n) is 5.60. The van der Waals surface area contributed by atoms with Crippen LogP contribution in [0.1, 0.15) is 29.6 Å². The molecule has 0 unspecified atom stereocenters. The maximum Gasteiger partial charge on any atom is 0.237 e. The first-order valence-corrected chi connectivity index (χ1v) is 9.16. The first-order chi connectivity index (χ1) is 12.6. The molecule has 2 aromatic heterocycles. The molecule has 0 atom stereocenters. The van der Waals surface area contributed by atoms with Crippen molar-refractivity contribution in [1.82, 2.24) is 15.1 Å². The highest BCUT2D eigenvalue weighted by molar-refractivity contribution is 7.98. The number of aromatic nitrogens is 3. The number of aryl methyl sites for hydroxylation is 2. The van der Waals surface area contributed by atoms with Gasteiger partial charge in [-0.25, -0.2) is 4.98 Å². The van der Waals surface area contributed by atoms with Crippen molar-refractivity contribution in [2.75, 3.05) is 6.61 Å². The Labute approximate surface area is 156 Å². The molecule has 0 aliphatic carbocycles. The summed E-state index contributed by atoms with van der Waals surface area (Å²) in [6.07, 6.45) is 0. The minimum absolute atomic E-state index is 0.439. The maximum absolute atomic E-state index is 9.35. The predicted molar refractivity (Wildman–Crippen MR) is 98.9 cm³/mol. The number of nitrogens with zero attached hydrogens (tertiary/aromatic N) is 4. The number of pyridine rings is 1. The van der Waals surface area contributed by atoms with E-state index in [1.54, 1.807) is 0 Å². The SMILES string of the molecule is CCOc1ccccc1-c1noc(CSc2nc(C)cc(C)c2C#N)n1. The molecule has 0 radical (unpaired) electrons. The number of hydrogen-bond donors (Lipinski definition) is 0. The minimum Gasteiger partial charge on any atom is -0.493 e. The van der Waals surface area contributed by atoms with Gasteiger partial charge in [0.15, 0.2) is 0 Å². The quantitative estimate of drug-likeness (QED) is 0.601. The monoisotopic (exact) mass is 366 g/mol. The van der Waals surface area contributed by atoms with E-state index in [-0.39, 0.29) is 0 Å². The highest BCUT2D eigenvalue weighted by Gasteiger charge is 2.15. The topological polar surface area (TPSA) is 84.8 Å². The summed E-state index contributed by atoms with van der Waals surface area (Å²) in [7, 11) is 0. The summed E-state index contributed by atoms with van der Waals surface area (Å²) in [5.74, 6) is 2.12. The third-order valence-corrected chi connectivity index (χ3v) is 4.61. The molecule has 7 heteroatoms. The summed E-state index contributed by atoms with van der Waals surface area (Å²) in [5, 5.41) is 14.1. The highest BCUT2D eigenvalue weighted by atomic mass is 32.2. The van der Waals surface area contributed by atoms with Crippen LogP contribution in [0.3, 0.4) is 0 Å². The van der Waals surface area contributed by atoms with Gasteiger partial charge in [0.1, 0.15) is 16.8 Å². The zero-order valence-corrected chi connectivity index (χ0v) is 15.6. The Morgan fingerprint density at radius 3 is 2.81 bits per heavy atom. The number of rotatable bonds is 6. The first-order valence-electron chi connectivity index (χ1n) is 8.18. The molecule has 1 aromatic carbocycles. The van der Waals surface area contributed by atoms with Gasteiger partial charge in [0.25, 0.3) is 0 Å². The Morgan fingerprint density at radius 1 is 1.23 bits per heavy atom. The summed E-state index contributed by atoms with van der Waals surface area (Å²) in [6.45, 7) is 6.31. The molecule has 0 aliphatic rings. The Bertz CT molecular complexity index is 962. The number of hydrogen-bond acceptors (Lipinski definition) is 7. The van der Waals surface area contributed by atoms with Crippen LogP contribution in [-0.2, 0) is 5.75 Å². The van der Waals surface area contributed by atoms with Gasteiger partial charge in [-0.05, 0) is 44.5 Å². The molecule has 0 bridgehead atoms. The lowest BCUT2D eigenvalue weighted by molar-refractivity contribution is 0.341. The van der Waals surface area contributed by atoms with Crippen molar-refractivity contribution < 1.29 is 9.26 Å². The van der Waals surface area contributed by atoms with Crippen LogP contribution in [0.5, 0.6) is 5.75 Å². The molecule has 0 amide bonds. The summed E-state index contributed by atoms with van der Waals surface area (Å²) < 4.78 is 11.0. The molecule has 0 N–H and O–H groups in total. The average molecular weight is 366 g/mol. The summed E-state index contributed by atoms with van der Waals surface area (Å²) in [4.78, 5) is 8.90. The van der Waals surface area contributed by atoms with Gasteiger partial charge < -0.3 is 9.26 Å². The number of para-hydroxylation sites is 1. The second kappa shape index (κ2) is 8.02. The van der Waals surface area contributed by atoms with E-state index in [4.69, 9.17) is 9.26 Å². The first kappa shape index (κ1) is 18.0. The molecule has 0 fully saturated rings. The van der Waals surface area contributed by atoms with E-state index in [1.807, 2.05) is 51.1 Å². The molecule has 26 heavy (non-hydrogen) atoms. The van der Waals surface area contributed by atoms with Gasteiger partial charge in [-0.2, -0.15) is 10.2 Å². The number of thioether (sulfide) groups is 1. The molecule has 6 nitrogen and oxygen atoms in total. The Kier molecular flexibility index (Phi) is 5.54. The highest BCUT2D eigenvalue weighted by Crippen LogP contribution is 2.30. The molecule has 0 saturated carbocycles. The molecule has 3 aromatic rings. The Balaban J connectivity index is 1.80. The van der Waals surface area contributed by atoms with Crippen LogP contribution in [0.2, 0.25) is 0 Å². The predicted octanol–water partition coefficient (Wildman–Crippen LogP) is 4.31. The Hall–Kier alpha value is -2.85. The lowest BCUT2D eigenvalue weighted by Crippen LogP contribution is -1.95. The average Bonchev–Trinajstić information content (AvgIpc) is 3.09. The molecular formula is C19H18N4O2S. The lowest BCUT2D eigenvalue weighted by atomic mass is 10.1. The molecule has 0 saturated heterocycles. The van der Waals surface area contributed by atoms with Gasteiger partial charge in [0.05, 0.1) is 23.5 Å². The molecular weight excluding hydrogens is 348 g/mol. The van der Waals surface area contributed by atoms with Gasteiger partial charge in [-0.1, -0.05) is 29.1 Å². The van der Waals surface area contributed by atoms with Crippen molar-refractivity contribution in [1.29, 1.82) is 5.26 Å². The van der Waals surface area contributed by atoms with Crippen molar-refractivity contribution in [3.63, 3.8) is 0 Å². The van der Waals surface area contributed by atoms with Gasteiger partial charge in [0, 0.05) is 5.69 Å². The number of ether oxygens (including phenoxy) is 1. The maximum atomic E-state index is 9.35. The standard InChI is InChI=1S/C19H18N4O2S/c1-4-24-16-8-6-5-7-14(16)18-22-17(25-23-18)11-26-19-15(10-20)12(2)9-13(3)21-19/h5-9H,4,11H2,1-3H3. The van der Waals surface area contributed by atoms with Crippen molar-refractivity contribution >= 4 is 11.8 Å². The Morgan fingerprint density at radius 2 is 2.04 bits per heavy atom. The van der Waals surface area contributed by atoms with E-state index in [0.717, 1.165) is 22.6 Å². The van der Waals surface area contributed by atoms with Crippen LogP contribution in [-0.4, -0.2) is 21.7 Å². The van der Waals surface area contributed by atoms with E-state index in [1.165, 1.54) is 11.8 Å². The molecule has 3 rings (SSSR count). The van der Waals surface area contributed by atoms with Crippen LogP contribution >= 0.6 is 11.8 Å². The van der Waals surface area contributed by atoms with E-state index in [9.17, 15) is 5.26 Å². The van der Waals surface area contributed by atoms with E-state index < -0.39 is 0 Å². The molecule has 0 aliphatic heterocycles. The fourth-order valence-corrected chi connectivity index (χ4v) is 3.47. The van der Waals surface area contributed by atoms with Crippen LogP contribution in [0.25, 0.3) is 11.4 Å². The summed E-state index contributed by atoms with van der Waals surface area (Å²) in [5.41, 5.74) is 3.17. The van der Waals surface area contributed by atoms with Crippen LogP contribution < -0.4 is 4.74 Å². The van der Waals surface area contributed by atoms with Crippen LogP contribution in [0.15, 0.2) is 39.9 Å². The fraction of sp³-hybridized carbons (Fsp3) is 0.263. The third kappa shape index (κ3) is 3.86. The minimum atomic E-state index is 0.439. The lowest BCUT2D eigenvalue weighted by Gasteiger charge is -2.06. The van der Waals surface area contributed by atoms with Crippen LogP contribution in [0, 0.1) is 25.2 Å². The zero-order valence-electron chi connectivity index (χ0n) is 14.8. The largest absolute Gasteiger partial charge is 0.493 e. The van der Waals surface area contributed by atoms with Crippen molar-refractivity contribution in [2.24, 2.45) is 0 Å². The van der Waals surface area contributed by atoms with E-state index in [0.29, 0.717) is 34.7 Å². The third-order valence-electron chi connectivity index (χ3n) is 3.65. The fourth-order valence-electron chi connectivity index (χ4n) is 2.53. The van der Waals surface area contributed by atoms with Gasteiger partial charge in [0.2, 0.25) is 11.7 Å². The van der Waals surface area contributed by atoms with Gasteiger partial charge in [-0.3, -0.25) is 0 Å². The molecule has 2 heterocycles. The van der Waals surface area contributed by atoms with Gasteiger partial charge >= 0.3 is 0 Å². The number of nitriles is 1. The van der Waals surface area contributed by atoms with Gasteiger partial charge in [-0.15, -0.1) is 0 Å². The van der Waals surface area contributed by atoms with Crippen LogP contribution in [0.4, 0.5) is 0 Å². The van der Waals surface area contributed by atoms with Crippen molar-refractivity contribution in [3.05, 3.63) is 53.0 Å². The van der Waals surface area contributed by atoms with E-state index >= 15 is 0 Å². The summed E-state index contributed by atoms with van der Waals surface area (Å²) >= 11 is 1.41. The molecule has 132 valence electrons. The van der Waals surface area contributed by atoms with Crippen molar-refractivity contribution in [3.8, 4) is 23.2 Å². The normalized spacial score (nSPS) is 10.5. The van der Waals surface area contributed by atoms with E-state index in [2.05, 4.69) is 21.2 Å². The zero-order chi connectivity index (χ0) is 18.5. The summed E-state index contributed by atoms with van der Waals surface area (Å²) in [6, 6.07) is 11.7. The smallest absolute Gasteiger partial charge is 0.237 e.